The summed E-state index contributed by atoms with van der Waals surface area (Å²) in [4.78, 5) is 0. The summed E-state index contributed by atoms with van der Waals surface area (Å²) in [6.07, 6.45) is -3.12. The van der Waals surface area contributed by atoms with Crippen LogP contribution in [0.15, 0.2) is 18.2 Å². The number of ether oxygens (including phenoxy) is 1. The SMILES string of the molecule is CNC(COCC(F)(F)C(F)F)Cc1ccc(C)c(C)c1. The van der Waals surface area contributed by atoms with Crippen LogP contribution in [0.25, 0.3) is 0 Å². The largest absolute Gasteiger partial charge is 0.373 e. The molecule has 0 heterocycles. The van der Waals surface area contributed by atoms with Crippen molar-refractivity contribution in [3.8, 4) is 0 Å². The van der Waals surface area contributed by atoms with E-state index in [0.29, 0.717) is 6.42 Å². The molecule has 0 aliphatic carbocycles. The minimum atomic E-state index is -4.10. The summed E-state index contributed by atoms with van der Waals surface area (Å²) in [5.74, 6) is -4.10. The summed E-state index contributed by atoms with van der Waals surface area (Å²) in [7, 11) is 1.68. The molecule has 1 N–H and O–H groups in total. The van der Waals surface area contributed by atoms with Crippen LogP contribution in [0.5, 0.6) is 0 Å². The molecular formula is C15H21F4NO. The minimum absolute atomic E-state index is 0.0499. The molecule has 0 saturated carbocycles. The van der Waals surface area contributed by atoms with Gasteiger partial charge in [0, 0.05) is 6.04 Å². The molecular weight excluding hydrogens is 286 g/mol. The number of hydrogen-bond acceptors (Lipinski definition) is 2. The topological polar surface area (TPSA) is 21.3 Å². The number of alkyl halides is 4. The summed E-state index contributed by atoms with van der Waals surface area (Å²) in [5.41, 5.74) is 3.36. The van der Waals surface area contributed by atoms with Crippen molar-refractivity contribution in [3.63, 3.8) is 0 Å². The van der Waals surface area contributed by atoms with Crippen molar-refractivity contribution in [1.82, 2.24) is 5.32 Å². The lowest BCUT2D eigenvalue weighted by atomic mass is 10.0. The predicted molar refractivity (Wildman–Crippen MR) is 74.2 cm³/mol. The van der Waals surface area contributed by atoms with Crippen LogP contribution in [0, 0.1) is 13.8 Å². The molecule has 1 rings (SSSR count). The van der Waals surface area contributed by atoms with Gasteiger partial charge in [0.15, 0.2) is 0 Å². The van der Waals surface area contributed by atoms with Crippen LogP contribution in [0.1, 0.15) is 16.7 Å². The Morgan fingerprint density at radius 2 is 1.86 bits per heavy atom. The highest BCUT2D eigenvalue weighted by Crippen LogP contribution is 2.23. The average molecular weight is 307 g/mol. The number of aryl methyl sites for hydroxylation is 2. The highest BCUT2D eigenvalue weighted by atomic mass is 19.3. The number of nitrogens with one attached hydrogen (secondary N) is 1. The van der Waals surface area contributed by atoms with Gasteiger partial charge in [-0.3, -0.25) is 0 Å². The Morgan fingerprint density at radius 3 is 2.38 bits per heavy atom. The quantitative estimate of drug-likeness (QED) is 0.744. The normalized spacial score (nSPS) is 13.7. The lowest BCUT2D eigenvalue weighted by molar-refractivity contribution is -0.166. The zero-order valence-corrected chi connectivity index (χ0v) is 12.4. The fourth-order valence-electron chi connectivity index (χ4n) is 1.86. The van der Waals surface area contributed by atoms with E-state index in [-0.39, 0.29) is 12.6 Å². The van der Waals surface area contributed by atoms with Gasteiger partial charge in [-0.1, -0.05) is 18.2 Å². The average Bonchev–Trinajstić information content (AvgIpc) is 2.41. The van der Waals surface area contributed by atoms with Gasteiger partial charge < -0.3 is 10.1 Å². The zero-order chi connectivity index (χ0) is 16.0. The third kappa shape index (κ3) is 5.63. The molecule has 0 bridgehead atoms. The highest BCUT2D eigenvalue weighted by molar-refractivity contribution is 5.30. The first-order valence-corrected chi connectivity index (χ1v) is 6.73. The first-order chi connectivity index (χ1) is 9.76. The van der Waals surface area contributed by atoms with Crippen molar-refractivity contribution in [3.05, 3.63) is 34.9 Å². The van der Waals surface area contributed by atoms with Crippen LogP contribution >= 0.6 is 0 Å². The number of likely N-dealkylation sites (N-methyl/N-ethyl adjacent to an activating group) is 1. The van der Waals surface area contributed by atoms with Crippen LogP contribution < -0.4 is 5.32 Å². The summed E-state index contributed by atoms with van der Waals surface area (Å²) >= 11 is 0. The van der Waals surface area contributed by atoms with E-state index in [9.17, 15) is 17.6 Å². The van der Waals surface area contributed by atoms with E-state index in [1.54, 1.807) is 7.05 Å². The lowest BCUT2D eigenvalue weighted by Gasteiger charge is -2.20. The van der Waals surface area contributed by atoms with Gasteiger partial charge >= 0.3 is 12.3 Å². The summed E-state index contributed by atoms with van der Waals surface area (Å²) in [6, 6.07) is 5.76. The molecule has 1 unspecified atom stereocenters. The maximum Gasteiger partial charge on any atom is 0.330 e. The smallest absolute Gasteiger partial charge is 0.330 e. The first kappa shape index (κ1) is 17.9. The van der Waals surface area contributed by atoms with Crippen molar-refractivity contribution in [2.75, 3.05) is 20.3 Å². The van der Waals surface area contributed by atoms with Crippen LogP contribution in [0.3, 0.4) is 0 Å². The molecule has 0 aliphatic heterocycles. The second-order valence-corrected chi connectivity index (χ2v) is 5.19. The monoisotopic (exact) mass is 307 g/mol. The van der Waals surface area contributed by atoms with Crippen molar-refractivity contribution in [1.29, 1.82) is 0 Å². The van der Waals surface area contributed by atoms with Gasteiger partial charge in [0.2, 0.25) is 0 Å². The fraction of sp³-hybridized carbons (Fsp3) is 0.600. The molecule has 1 aromatic carbocycles. The first-order valence-electron chi connectivity index (χ1n) is 6.73. The molecule has 6 heteroatoms. The molecule has 0 fully saturated rings. The zero-order valence-electron chi connectivity index (χ0n) is 12.4. The van der Waals surface area contributed by atoms with Crippen LogP contribution in [0.4, 0.5) is 17.6 Å². The second-order valence-electron chi connectivity index (χ2n) is 5.19. The van der Waals surface area contributed by atoms with E-state index < -0.39 is 19.0 Å². The Balaban J connectivity index is 2.50. The third-order valence-corrected chi connectivity index (χ3v) is 3.39. The molecule has 0 spiro atoms. The minimum Gasteiger partial charge on any atom is -0.373 e. The van der Waals surface area contributed by atoms with Crippen LogP contribution in [-0.4, -0.2) is 38.7 Å². The van der Waals surface area contributed by atoms with E-state index in [1.165, 1.54) is 5.56 Å². The number of rotatable bonds is 8. The fourth-order valence-corrected chi connectivity index (χ4v) is 1.86. The van der Waals surface area contributed by atoms with Crippen molar-refractivity contribution >= 4 is 0 Å². The lowest BCUT2D eigenvalue weighted by Crippen LogP contribution is -2.37. The Morgan fingerprint density at radius 1 is 1.19 bits per heavy atom. The number of halogens is 4. The second kappa shape index (κ2) is 7.75. The van der Waals surface area contributed by atoms with E-state index in [4.69, 9.17) is 4.74 Å². The molecule has 1 atom stereocenters. The van der Waals surface area contributed by atoms with Gasteiger partial charge in [0.05, 0.1) is 6.61 Å². The maximum absolute atomic E-state index is 12.7. The number of benzene rings is 1. The van der Waals surface area contributed by atoms with Gasteiger partial charge in [-0.2, -0.15) is 8.78 Å². The van der Waals surface area contributed by atoms with Gasteiger partial charge in [0.1, 0.15) is 6.61 Å². The molecule has 0 aromatic heterocycles. The Kier molecular flexibility index (Phi) is 6.61. The summed E-state index contributed by atoms with van der Waals surface area (Å²) in [5, 5.41) is 2.94. The van der Waals surface area contributed by atoms with Crippen molar-refractivity contribution in [2.45, 2.75) is 38.7 Å². The summed E-state index contributed by atoms with van der Waals surface area (Å²) < 4.78 is 54.2. The van der Waals surface area contributed by atoms with Crippen molar-refractivity contribution in [2.24, 2.45) is 0 Å². The van der Waals surface area contributed by atoms with Crippen LogP contribution in [0.2, 0.25) is 0 Å². The van der Waals surface area contributed by atoms with Gasteiger partial charge in [-0.15, -0.1) is 0 Å². The van der Waals surface area contributed by atoms with Gasteiger partial charge in [-0.05, 0) is 44.0 Å². The standard InChI is InChI=1S/C15H21F4NO/c1-10-4-5-12(6-11(10)2)7-13(20-3)8-21-9-15(18,19)14(16)17/h4-6,13-14,20H,7-9H2,1-3H3. The Labute approximate surface area is 122 Å². The molecule has 0 aliphatic rings. The van der Waals surface area contributed by atoms with E-state index in [0.717, 1.165) is 11.1 Å². The van der Waals surface area contributed by atoms with Gasteiger partial charge in [-0.25, -0.2) is 8.78 Å². The molecule has 21 heavy (non-hydrogen) atoms. The molecule has 120 valence electrons. The predicted octanol–water partition coefficient (Wildman–Crippen LogP) is 3.35. The van der Waals surface area contributed by atoms with E-state index in [1.807, 2.05) is 32.0 Å². The van der Waals surface area contributed by atoms with E-state index >= 15 is 0 Å². The highest BCUT2D eigenvalue weighted by Gasteiger charge is 2.41. The molecule has 0 radical (unpaired) electrons. The Bertz CT molecular complexity index is 451. The molecule has 1 aromatic rings. The third-order valence-electron chi connectivity index (χ3n) is 3.39. The molecule has 0 amide bonds. The molecule has 2 nitrogen and oxygen atoms in total. The Hall–Kier alpha value is -1.14. The summed E-state index contributed by atoms with van der Waals surface area (Å²) in [6.45, 7) is 2.68. The van der Waals surface area contributed by atoms with Crippen LogP contribution in [-0.2, 0) is 11.2 Å². The van der Waals surface area contributed by atoms with Gasteiger partial charge in [0.25, 0.3) is 0 Å². The molecule has 0 saturated heterocycles. The maximum atomic E-state index is 12.7. The van der Waals surface area contributed by atoms with E-state index in [2.05, 4.69) is 5.32 Å². The van der Waals surface area contributed by atoms with Crippen molar-refractivity contribution < 1.29 is 22.3 Å². The number of hydrogen-bond donors (Lipinski definition) is 1.